The summed E-state index contributed by atoms with van der Waals surface area (Å²) in [4.78, 5) is 11.6. The molecule has 1 saturated heterocycles. The molecule has 1 N–H and O–H groups in total. The number of nitrogens with one attached hydrogen (secondary N) is 1. The minimum absolute atomic E-state index is 0.234. The topological polar surface area (TPSA) is 29.1 Å². The lowest BCUT2D eigenvalue weighted by atomic mass is 10.2. The first-order chi connectivity index (χ1) is 8.09. The van der Waals surface area contributed by atoms with Crippen molar-refractivity contribution < 1.29 is 18.0 Å². The van der Waals surface area contributed by atoms with Gasteiger partial charge in [0.25, 0.3) is 0 Å². The minimum atomic E-state index is -1.57. The van der Waals surface area contributed by atoms with Gasteiger partial charge in [-0.1, -0.05) is 0 Å². The van der Waals surface area contributed by atoms with Gasteiger partial charge in [-0.3, -0.25) is 4.79 Å². The summed E-state index contributed by atoms with van der Waals surface area (Å²) in [7, 11) is 0. The van der Waals surface area contributed by atoms with E-state index in [-0.39, 0.29) is 16.8 Å². The molecule has 0 aromatic heterocycles. The number of amides is 1. The van der Waals surface area contributed by atoms with Gasteiger partial charge in [0, 0.05) is 0 Å². The molecule has 1 aromatic rings. The molecule has 1 unspecified atom stereocenters. The first-order valence-corrected chi connectivity index (χ1v) is 6.20. The van der Waals surface area contributed by atoms with Crippen molar-refractivity contribution in [3.63, 3.8) is 0 Å². The lowest BCUT2D eigenvalue weighted by Crippen LogP contribution is -2.23. The van der Waals surface area contributed by atoms with Crippen LogP contribution in [0, 0.1) is 17.5 Å². The maximum Gasteiger partial charge on any atom is 0.237 e. The number of carbonyl (C=O) groups excluding carboxylic acids is 1. The molecule has 2 nitrogen and oxygen atoms in total. The Morgan fingerprint density at radius 2 is 2.06 bits per heavy atom. The molecule has 1 atom stereocenters. The van der Waals surface area contributed by atoms with Crippen LogP contribution in [0.3, 0.4) is 0 Å². The SMILES string of the molecule is O=C(Nc1ccc(F)c(F)c1F)C1CCCS1. The van der Waals surface area contributed by atoms with Crippen molar-refractivity contribution >= 4 is 23.4 Å². The molecule has 0 radical (unpaired) electrons. The summed E-state index contributed by atoms with van der Waals surface area (Å²) in [5, 5.41) is 2.04. The normalized spacial score (nSPS) is 19.4. The minimum Gasteiger partial charge on any atom is -0.323 e. The summed E-state index contributed by atoms with van der Waals surface area (Å²) >= 11 is 1.48. The van der Waals surface area contributed by atoms with E-state index in [4.69, 9.17) is 0 Å². The molecule has 1 aliphatic heterocycles. The average Bonchev–Trinajstić information content (AvgIpc) is 2.83. The first kappa shape index (κ1) is 12.3. The fourth-order valence-corrected chi connectivity index (χ4v) is 2.78. The highest BCUT2D eigenvalue weighted by atomic mass is 32.2. The van der Waals surface area contributed by atoms with E-state index < -0.39 is 17.5 Å². The summed E-state index contributed by atoms with van der Waals surface area (Å²) in [6, 6.07) is 1.81. The standard InChI is InChI=1S/C11H10F3NOS/c12-6-3-4-7(10(14)9(6)13)15-11(16)8-2-1-5-17-8/h3-4,8H,1-2,5H2,(H,15,16). The van der Waals surface area contributed by atoms with Crippen molar-refractivity contribution in [2.75, 3.05) is 11.1 Å². The molecular weight excluding hydrogens is 251 g/mol. The fraction of sp³-hybridized carbons (Fsp3) is 0.364. The number of benzene rings is 1. The molecule has 1 heterocycles. The molecule has 1 amide bonds. The average molecular weight is 261 g/mol. The third-order valence-corrected chi connectivity index (χ3v) is 3.89. The molecule has 1 aromatic carbocycles. The van der Waals surface area contributed by atoms with Crippen molar-refractivity contribution in [3.05, 3.63) is 29.6 Å². The zero-order valence-electron chi connectivity index (χ0n) is 8.80. The zero-order valence-corrected chi connectivity index (χ0v) is 9.62. The van der Waals surface area contributed by atoms with Crippen LogP contribution in [0.1, 0.15) is 12.8 Å². The van der Waals surface area contributed by atoms with Crippen LogP contribution in [0.15, 0.2) is 12.1 Å². The van der Waals surface area contributed by atoms with Crippen molar-refractivity contribution in [1.82, 2.24) is 0 Å². The highest BCUT2D eigenvalue weighted by Crippen LogP contribution is 2.28. The number of halogens is 3. The monoisotopic (exact) mass is 261 g/mol. The smallest absolute Gasteiger partial charge is 0.237 e. The number of anilines is 1. The van der Waals surface area contributed by atoms with Crippen LogP contribution in [0.4, 0.5) is 18.9 Å². The number of hydrogen-bond donors (Lipinski definition) is 1. The number of rotatable bonds is 2. The Morgan fingerprint density at radius 3 is 2.71 bits per heavy atom. The molecule has 17 heavy (non-hydrogen) atoms. The van der Waals surface area contributed by atoms with Crippen molar-refractivity contribution in [2.45, 2.75) is 18.1 Å². The van der Waals surface area contributed by atoms with Gasteiger partial charge in [0.1, 0.15) is 0 Å². The number of carbonyl (C=O) groups is 1. The number of thioether (sulfide) groups is 1. The molecule has 2 rings (SSSR count). The van der Waals surface area contributed by atoms with E-state index in [0.717, 1.165) is 30.7 Å². The van der Waals surface area contributed by atoms with Crippen LogP contribution in [-0.4, -0.2) is 16.9 Å². The maximum atomic E-state index is 13.3. The van der Waals surface area contributed by atoms with E-state index in [1.807, 2.05) is 0 Å². The Kier molecular flexibility index (Phi) is 3.61. The van der Waals surface area contributed by atoms with Crippen LogP contribution >= 0.6 is 11.8 Å². The molecule has 6 heteroatoms. The van der Waals surface area contributed by atoms with Crippen LogP contribution in [-0.2, 0) is 4.79 Å². The highest BCUT2D eigenvalue weighted by molar-refractivity contribution is 8.00. The second-order valence-corrected chi connectivity index (χ2v) is 5.02. The molecule has 0 aliphatic carbocycles. The van der Waals surface area contributed by atoms with E-state index in [1.165, 1.54) is 11.8 Å². The van der Waals surface area contributed by atoms with Crippen LogP contribution in [0.5, 0.6) is 0 Å². The quantitative estimate of drug-likeness (QED) is 0.829. The van der Waals surface area contributed by atoms with Crippen molar-refractivity contribution in [3.8, 4) is 0 Å². The van der Waals surface area contributed by atoms with E-state index in [1.54, 1.807) is 0 Å². The fourth-order valence-electron chi connectivity index (χ4n) is 1.62. The largest absolute Gasteiger partial charge is 0.323 e. The van der Waals surface area contributed by atoms with Crippen LogP contribution in [0.25, 0.3) is 0 Å². The third kappa shape index (κ3) is 2.57. The first-order valence-electron chi connectivity index (χ1n) is 5.15. The molecule has 0 bridgehead atoms. The zero-order chi connectivity index (χ0) is 12.4. The summed E-state index contributed by atoms with van der Waals surface area (Å²) in [6.45, 7) is 0. The van der Waals surface area contributed by atoms with Gasteiger partial charge in [-0.15, -0.1) is 11.8 Å². The van der Waals surface area contributed by atoms with E-state index >= 15 is 0 Å². The summed E-state index contributed by atoms with van der Waals surface area (Å²) in [5.41, 5.74) is -0.318. The lowest BCUT2D eigenvalue weighted by Gasteiger charge is -2.10. The van der Waals surface area contributed by atoms with Gasteiger partial charge in [-0.05, 0) is 30.7 Å². The van der Waals surface area contributed by atoms with Crippen molar-refractivity contribution in [2.24, 2.45) is 0 Å². The van der Waals surface area contributed by atoms with Gasteiger partial charge in [0.2, 0.25) is 5.91 Å². The second kappa shape index (κ2) is 5.00. The summed E-state index contributed by atoms with van der Waals surface area (Å²) in [6.07, 6.45) is 1.66. The predicted molar refractivity (Wildman–Crippen MR) is 60.4 cm³/mol. The second-order valence-electron chi connectivity index (χ2n) is 3.71. The Morgan fingerprint density at radius 1 is 1.29 bits per heavy atom. The lowest BCUT2D eigenvalue weighted by molar-refractivity contribution is -0.115. The molecule has 92 valence electrons. The summed E-state index contributed by atoms with van der Waals surface area (Å²) < 4.78 is 38.9. The van der Waals surface area contributed by atoms with E-state index in [0.29, 0.717) is 0 Å². The Bertz CT molecular complexity index is 447. The van der Waals surface area contributed by atoms with Gasteiger partial charge < -0.3 is 5.32 Å². The maximum absolute atomic E-state index is 13.3. The van der Waals surface area contributed by atoms with Gasteiger partial charge in [-0.25, -0.2) is 13.2 Å². The number of hydrogen-bond acceptors (Lipinski definition) is 2. The molecule has 1 fully saturated rings. The van der Waals surface area contributed by atoms with Gasteiger partial charge in [0.15, 0.2) is 17.5 Å². The van der Waals surface area contributed by atoms with Gasteiger partial charge in [-0.2, -0.15) is 0 Å². The molecular formula is C11H10F3NOS. The van der Waals surface area contributed by atoms with E-state index in [2.05, 4.69) is 5.32 Å². The van der Waals surface area contributed by atoms with Gasteiger partial charge >= 0.3 is 0 Å². The Balaban J connectivity index is 2.13. The van der Waals surface area contributed by atoms with Gasteiger partial charge in [0.05, 0.1) is 10.9 Å². The Labute approximate surface area is 101 Å². The summed E-state index contributed by atoms with van der Waals surface area (Å²) in [5.74, 6) is -3.67. The molecule has 1 aliphatic rings. The third-order valence-electron chi connectivity index (χ3n) is 2.52. The molecule has 0 spiro atoms. The van der Waals surface area contributed by atoms with Crippen LogP contribution < -0.4 is 5.32 Å². The van der Waals surface area contributed by atoms with Crippen molar-refractivity contribution in [1.29, 1.82) is 0 Å². The molecule has 0 saturated carbocycles. The highest BCUT2D eigenvalue weighted by Gasteiger charge is 2.24. The predicted octanol–water partition coefficient (Wildman–Crippen LogP) is 2.94. The van der Waals surface area contributed by atoms with E-state index in [9.17, 15) is 18.0 Å². The Hall–Kier alpha value is -1.17. The van der Waals surface area contributed by atoms with Crippen LogP contribution in [0.2, 0.25) is 0 Å².